The van der Waals surface area contributed by atoms with E-state index in [1.165, 1.54) is 11.8 Å². The first-order valence-electron chi connectivity index (χ1n) is 9.49. The molecule has 1 heterocycles. The SMILES string of the molecule is C=CCn1c(COc2cc(C)ccc2Cl)nnc1SCC(=O)Nc1ccccc1OC. The van der Waals surface area contributed by atoms with Gasteiger partial charge in [-0.15, -0.1) is 16.8 Å². The van der Waals surface area contributed by atoms with Crippen molar-refractivity contribution in [2.24, 2.45) is 0 Å². The summed E-state index contributed by atoms with van der Waals surface area (Å²) in [5, 5.41) is 12.4. The number of thioether (sulfide) groups is 1. The van der Waals surface area contributed by atoms with Gasteiger partial charge in [-0.25, -0.2) is 0 Å². The van der Waals surface area contributed by atoms with E-state index in [1.54, 1.807) is 31.4 Å². The standard InChI is InChI=1S/C22H23ClN4O3S/c1-4-11-27-20(13-30-19-12-15(2)9-10-16(19)23)25-26-22(27)31-14-21(28)24-17-7-5-6-8-18(17)29-3/h4-10,12H,1,11,13-14H2,2-3H3,(H,24,28). The van der Waals surface area contributed by atoms with Crippen LogP contribution < -0.4 is 14.8 Å². The van der Waals surface area contributed by atoms with Crippen molar-refractivity contribution in [1.29, 1.82) is 0 Å². The number of hydrogen-bond acceptors (Lipinski definition) is 6. The van der Waals surface area contributed by atoms with E-state index < -0.39 is 0 Å². The Balaban J connectivity index is 1.65. The van der Waals surface area contributed by atoms with Crippen molar-refractivity contribution in [3.05, 3.63) is 71.5 Å². The molecular formula is C22H23ClN4O3S. The summed E-state index contributed by atoms with van der Waals surface area (Å²) in [6, 6.07) is 12.8. The van der Waals surface area contributed by atoms with Crippen LogP contribution in [0.5, 0.6) is 11.5 Å². The maximum Gasteiger partial charge on any atom is 0.234 e. The number of aryl methyl sites for hydroxylation is 1. The monoisotopic (exact) mass is 458 g/mol. The second kappa shape index (κ2) is 10.9. The Hall–Kier alpha value is -2.97. The molecule has 3 rings (SSSR count). The second-order valence-electron chi connectivity index (χ2n) is 6.56. The van der Waals surface area contributed by atoms with Gasteiger partial charge in [-0.3, -0.25) is 9.36 Å². The molecule has 0 saturated carbocycles. The van der Waals surface area contributed by atoms with Crippen LogP contribution in [0.4, 0.5) is 5.69 Å². The third kappa shape index (κ3) is 6.02. The number of anilines is 1. The number of amides is 1. The maximum absolute atomic E-state index is 12.4. The Morgan fingerprint density at radius 2 is 2.06 bits per heavy atom. The molecule has 0 aliphatic heterocycles. The number of aromatic nitrogens is 3. The summed E-state index contributed by atoms with van der Waals surface area (Å²) in [5.74, 6) is 1.79. The number of hydrogen-bond donors (Lipinski definition) is 1. The van der Waals surface area contributed by atoms with E-state index in [-0.39, 0.29) is 18.3 Å². The number of nitrogens with one attached hydrogen (secondary N) is 1. The zero-order chi connectivity index (χ0) is 22.2. The van der Waals surface area contributed by atoms with E-state index >= 15 is 0 Å². The Morgan fingerprint density at radius 3 is 2.84 bits per heavy atom. The molecule has 0 unspecified atom stereocenters. The molecule has 9 heteroatoms. The maximum atomic E-state index is 12.4. The molecule has 0 aliphatic rings. The lowest BCUT2D eigenvalue weighted by atomic mass is 10.2. The summed E-state index contributed by atoms with van der Waals surface area (Å²) in [6.07, 6.45) is 1.74. The molecule has 162 valence electrons. The van der Waals surface area contributed by atoms with Crippen LogP contribution in [-0.4, -0.2) is 33.5 Å². The summed E-state index contributed by atoms with van der Waals surface area (Å²) in [5.41, 5.74) is 1.66. The topological polar surface area (TPSA) is 78.3 Å². The summed E-state index contributed by atoms with van der Waals surface area (Å²) < 4.78 is 13.0. The van der Waals surface area contributed by atoms with Crippen molar-refractivity contribution >= 4 is 35.0 Å². The fourth-order valence-electron chi connectivity index (χ4n) is 2.77. The van der Waals surface area contributed by atoms with Gasteiger partial charge in [-0.1, -0.05) is 47.6 Å². The number of rotatable bonds is 10. The van der Waals surface area contributed by atoms with Crippen molar-refractivity contribution in [3.63, 3.8) is 0 Å². The first-order valence-corrected chi connectivity index (χ1v) is 10.9. The highest BCUT2D eigenvalue weighted by Crippen LogP contribution is 2.27. The van der Waals surface area contributed by atoms with Gasteiger partial charge >= 0.3 is 0 Å². The predicted octanol–water partition coefficient (Wildman–Crippen LogP) is 4.74. The molecule has 0 bridgehead atoms. The third-order valence-corrected chi connectivity index (χ3v) is 5.54. The summed E-state index contributed by atoms with van der Waals surface area (Å²) >= 11 is 7.48. The lowest BCUT2D eigenvalue weighted by Crippen LogP contribution is -2.15. The molecule has 7 nitrogen and oxygen atoms in total. The molecule has 0 radical (unpaired) electrons. The first-order chi connectivity index (χ1) is 15.0. The van der Waals surface area contributed by atoms with Gasteiger partial charge in [-0.05, 0) is 36.8 Å². The van der Waals surface area contributed by atoms with Crippen LogP contribution in [0.15, 0.2) is 60.3 Å². The second-order valence-corrected chi connectivity index (χ2v) is 7.91. The average Bonchev–Trinajstić information content (AvgIpc) is 3.15. The number of carbonyl (C=O) groups excluding carboxylic acids is 1. The Kier molecular flexibility index (Phi) is 7.97. The van der Waals surface area contributed by atoms with Crippen LogP contribution in [0, 0.1) is 6.92 Å². The smallest absolute Gasteiger partial charge is 0.234 e. The van der Waals surface area contributed by atoms with Crippen molar-refractivity contribution in [3.8, 4) is 11.5 Å². The van der Waals surface area contributed by atoms with Gasteiger partial charge in [0.1, 0.15) is 18.1 Å². The lowest BCUT2D eigenvalue weighted by Gasteiger charge is -2.11. The number of nitrogens with zero attached hydrogens (tertiary/aromatic N) is 3. The van der Waals surface area contributed by atoms with Crippen molar-refractivity contribution in [1.82, 2.24) is 14.8 Å². The highest BCUT2D eigenvalue weighted by Gasteiger charge is 2.15. The van der Waals surface area contributed by atoms with Gasteiger partial charge in [0, 0.05) is 6.54 Å². The van der Waals surface area contributed by atoms with Crippen LogP contribution in [0.3, 0.4) is 0 Å². The van der Waals surface area contributed by atoms with Gasteiger partial charge in [0.15, 0.2) is 11.0 Å². The van der Waals surface area contributed by atoms with Crippen LogP contribution in [0.1, 0.15) is 11.4 Å². The fraction of sp³-hybridized carbons (Fsp3) is 0.227. The molecule has 3 aromatic rings. The summed E-state index contributed by atoms with van der Waals surface area (Å²) in [4.78, 5) is 12.4. The lowest BCUT2D eigenvalue weighted by molar-refractivity contribution is -0.113. The third-order valence-electron chi connectivity index (χ3n) is 4.26. The molecule has 1 amide bonds. The summed E-state index contributed by atoms with van der Waals surface area (Å²) in [6.45, 7) is 6.44. The van der Waals surface area contributed by atoms with E-state index in [0.717, 1.165) is 5.56 Å². The van der Waals surface area contributed by atoms with Gasteiger partial charge < -0.3 is 14.8 Å². The van der Waals surface area contributed by atoms with Crippen molar-refractivity contribution < 1.29 is 14.3 Å². The minimum atomic E-state index is -0.174. The molecule has 31 heavy (non-hydrogen) atoms. The van der Waals surface area contributed by atoms with Crippen LogP contribution in [0.2, 0.25) is 5.02 Å². The zero-order valence-corrected chi connectivity index (χ0v) is 18.9. The van der Waals surface area contributed by atoms with Gasteiger partial charge in [-0.2, -0.15) is 0 Å². The zero-order valence-electron chi connectivity index (χ0n) is 17.3. The van der Waals surface area contributed by atoms with Crippen molar-refractivity contribution in [2.75, 3.05) is 18.2 Å². The van der Waals surface area contributed by atoms with E-state index in [4.69, 9.17) is 21.1 Å². The van der Waals surface area contributed by atoms with E-state index in [0.29, 0.717) is 39.7 Å². The quantitative estimate of drug-likeness (QED) is 0.349. The molecule has 0 atom stereocenters. The van der Waals surface area contributed by atoms with E-state index in [1.807, 2.05) is 35.8 Å². The number of para-hydroxylation sites is 2. The molecule has 0 fully saturated rings. The minimum Gasteiger partial charge on any atom is -0.495 e. The van der Waals surface area contributed by atoms with Gasteiger partial charge in [0.05, 0.1) is 23.6 Å². The minimum absolute atomic E-state index is 0.165. The van der Waals surface area contributed by atoms with Crippen LogP contribution >= 0.6 is 23.4 Å². The van der Waals surface area contributed by atoms with E-state index in [9.17, 15) is 4.79 Å². The number of methoxy groups -OCH3 is 1. The molecule has 0 spiro atoms. The number of benzene rings is 2. The van der Waals surface area contributed by atoms with Crippen molar-refractivity contribution in [2.45, 2.75) is 25.2 Å². The van der Waals surface area contributed by atoms with Crippen LogP contribution in [-0.2, 0) is 17.9 Å². The number of allylic oxidation sites excluding steroid dienone is 1. The largest absolute Gasteiger partial charge is 0.495 e. The fourth-order valence-corrected chi connectivity index (χ4v) is 3.71. The van der Waals surface area contributed by atoms with Gasteiger partial charge in [0.2, 0.25) is 5.91 Å². The normalized spacial score (nSPS) is 10.5. The Morgan fingerprint density at radius 1 is 1.26 bits per heavy atom. The van der Waals surface area contributed by atoms with Gasteiger partial charge in [0.25, 0.3) is 0 Å². The summed E-state index contributed by atoms with van der Waals surface area (Å²) in [7, 11) is 1.56. The van der Waals surface area contributed by atoms with Crippen LogP contribution in [0.25, 0.3) is 0 Å². The molecule has 0 aliphatic carbocycles. The highest BCUT2D eigenvalue weighted by atomic mass is 35.5. The first kappa shape index (κ1) is 22.7. The predicted molar refractivity (Wildman–Crippen MR) is 123 cm³/mol. The molecule has 1 aromatic heterocycles. The molecule has 2 aromatic carbocycles. The molecule has 1 N–H and O–H groups in total. The number of ether oxygens (including phenoxy) is 2. The number of halogens is 1. The van der Waals surface area contributed by atoms with E-state index in [2.05, 4.69) is 22.1 Å². The molecule has 0 saturated heterocycles. The average molecular weight is 459 g/mol. The highest BCUT2D eigenvalue weighted by molar-refractivity contribution is 7.99. The Bertz CT molecular complexity index is 1070. The Labute approximate surface area is 190 Å². The molecular weight excluding hydrogens is 436 g/mol. The number of carbonyl (C=O) groups is 1.